The predicted octanol–water partition coefficient (Wildman–Crippen LogP) is 5.19. The Bertz CT molecular complexity index is 1190. The van der Waals surface area contributed by atoms with E-state index in [0.29, 0.717) is 0 Å². The lowest BCUT2D eigenvalue weighted by molar-refractivity contribution is -0.384. The number of carbonyl (C=O) groups is 2. The number of para-hydroxylation sites is 2. The molecule has 0 atom stereocenters. The number of hydrogen-bond donors (Lipinski definition) is 2. The standard InChI is InChI=1S/C22H14ClF2N3O4/c23-15-10-9-13(12-20(15)28(31)32)11-14(21(29)26-18-7-3-1-5-16(18)24)22(30)27-19-8-4-2-6-17(19)25/h1-12H,(H,26,29)(H,27,30). The van der Waals surface area contributed by atoms with E-state index in [1.807, 2.05) is 0 Å². The number of nitro groups is 1. The van der Waals surface area contributed by atoms with Crippen molar-refractivity contribution in [3.63, 3.8) is 0 Å². The highest BCUT2D eigenvalue weighted by atomic mass is 35.5. The molecule has 2 amide bonds. The Morgan fingerprint density at radius 2 is 1.38 bits per heavy atom. The fraction of sp³-hybridized carbons (Fsp3) is 0. The first-order chi connectivity index (χ1) is 15.3. The Hall–Kier alpha value is -4.11. The SMILES string of the molecule is O=C(Nc1ccccc1F)C(=Cc1ccc(Cl)c([N+](=O)[O-])c1)C(=O)Nc1ccccc1F. The minimum absolute atomic E-state index is 0.100. The molecular formula is C22H14ClF2N3O4. The summed E-state index contributed by atoms with van der Waals surface area (Å²) in [6.07, 6.45) is 1.05. The van der Waals surface area contributed by atoms with E-state index < -0.39 is 39.6 Å². The summed E-state index contributed by atoms with van der Waals surface area (Å²) in [7, 11) is 0. The third kappa shape index (κ3) is 5.32. The molecule has 0 heterocycles. The number of nitrogens with one attached hydrogen (secondary N) is 2. The van der Waals surface area contributed by atoms with Crippen molar-refractivity contribution in [2.24, 2.45) is 0 Å². The molecule has 0 saturated heterocycles. The van der Waals surface area contributed by atoms with Gasteiger partial charge in [0.15, 0.2) is 0 Å². The third-order valence-electron chi connectivity index (χ3n) is 4.21. The third-order valence-corrected chi connectivity index (χ3v) is 4.53. The van der Waals surface area contributed by atoms with Crippen LogP contribution in [0.2, 0.25) is 5.02 Å². The summed E-state index contributed by atoms with van der Waals surface area (Å²) in [6.45, 7) is 0. The molecule has 162 valence electrons. The van der Waals surface area contributed by atoms with Crippen LogP contribution in [0.1, 0.15) is 5.56 Å². The van der Waals surface area contributed by atoms with Crippen molar-refractivity contribution in [3.05, 3.63) is 105 Å². The van der Waals surface area contributed by atoms with Crippen molar-refractivity contribution in [2.45, 2.75) is 0 Å². The lowest BCUT2D eigenvalue weighted by Gasteiger charge is -2.11. The highest BCUT2D eigenvalue weighted by Gasteiger charge is 2.22. The molecule has 3 aromatic carbocycles. The normalized spacial score (nSPS) is 10.2. The van der Waals surface area contributed by atoms with E-state index in [1.165, 1.54) is 48.5 Å². The topological polar surface area (TPSA) is 101 Å². The summed E-state index contributed by atoms with van der Waals surface area (Å²) in [6, 6.07) is 14.2. The summed E-state index contributed by atoms with van der Waals surface area (Å²) in [5, 5.41) is 15.5. The second-order valence-corrected chi connectivity index (χ2v) is 6.80. The molecule has 32 heavy (non-hydrogen) atoms. The van der Waals surface area contributed by atoms with Gasteiger partial charge in [0.1, 0.15) is 22.2 Å². The fourth-order valence-electron chi connectivity index (χ4n) is 2.66. The molecule has 10 heteroatoms. The molecule has 0 unspecified atom stereocenters. The Morgan fingerprint density at radius 3 is 1.84 bits per heavy atom. The largest absolute Gasteiger partial charge is 0.319 e. The zero-order valence-corrected chi connectivity index (χ0v) is 16.9. The van der Waals surface area contributed by atoms with Gasteiger partial charge in [0.25, 0.3) is 17.5 Å². The van der Waals surface area contributed by atoms with Gasteiger partial charge in [0.2, 0.25) is 0 Å². The lowest BCUT2D eigenvalue weighted by Crippen LogP contribution is -2.26. The van der Waals surface area contributed by atoms with Crippen molar-refractivity contribution < 1.29 is 23.3 Å². The Labute approximate surface area is 185 Å². The highest BCUT2D eigenvalue weighted by Crippen LogP contribution is 2.26. The summed E-state index contributed by atoms with van der Waals surface area (Å²) >= 11 is 5.80. The highest BCUT2D eigenvalue weighted by molar-refractivity contribution is 6.33. The van der Waals surface area contributed by atoms with Gasteiger partial charge in [-0.25, -0.2) is 8.78 Å². The van der Waals surface area contributed by atoms with Gasteiger partial charge >= 0.3 is 0 Å². The number of rotatable bonds is 6. The molecule has 0 bridgehead atoms. The monoisotopic (exact) mass is 457 g/mol. The Kier molecular flexibility index (Phi) is 6.91. The number of nitrogens with zero attached hydrogens (tertiary/aromatic N) is 1. The van der Waals surface area contributed by atoms with Crippen LogP contribution in [-0.4, -0.2) is 16.7 Å². The van der Waals surface area contributed by atoms with E-state index in [0.717, 1.165) is 24.3 Å². The summed E-state index contributed by atoms with van der Waals surface area (Å²) in [4.78, 5) is 36.0. The Morgan fingerprint density at radius 1 is 0.875 bits per heavy atom. The van der Waals surface area contributed by atoms with Gasteiger partial charge in [-0.15, -0.1) is 0 Å². The molecular weight excluding hydrogens is 444 g/mol. The van der Waals surface area contributed by atoms with Crippen molar-refractivity contribution in [2.75, 3.05) is 10.6 Å². The van der Waals surface area contributed by atoms with Crippen LogP contribution >= 0.6 is 11.6 Å². The predicted molar refractivity (Wildman–Crippen MR) is 116 cm³/mol. The summed E-state index contributed by atoms with van der Waals surface area (Å²) in [5.41, 5.74) is -1.27. The number of hydrogen-bond acceptors (Lipinski definition) is 4. The van der Waals surface area contributed by atoms with E-state index in [-0.39, 0.29) is 22.0 Å². The number of carbonyl (C=O) groups excluding carboxylic acids is 2. The van der Waals surface area contributed by atoms with Crippen molar-refractivity contribution in [1.29, 1.82) is 0 Å². The molecule has 0 aliphatic heterocycles. The van der Waals surface area contributed by atoms with Crippen LogP contribution < -0.4 is 10.6 Å². The number of halogens is 3. The van der Waals surface area contributed by atoms with Gasteiger partial charge in [-0.2, -0.15) is 0 Å². The maximum Gasteiger partial charge on any atom is 0.288 e. The zero-order valence-electron chi connectivity index (χ0n) is 16.1. The first-order valence-electron chi connectivity index (χ1n) is 9.03. The molecule has 0 aliphatic rings. The molecule has 7 nitrogen and oxygen atoms in total. The van der Waals surface area contributed by atoms with Crippen LogP contribution in [0.3, 0.4) is 0 Å². The van der Waals surface area contributed by atoms with Gasteiger partial charge in [0.05, 0.1) is 16.3 Å². The van der Waals surface area contributed by atoms with Crippen LogP contribution in [0.4, 0.5) is 25.8 Å². The van der Waals surface area contributed by atoms with Gasteiger partial charge in [-0.3, -0.25) is 19.7 Å². The van der Waals surface area contributed by atoms with Gasteiger partial charge in [-0.05, 0) is 42.0 Å². The van der Waals surface area contributed by atoms with Crippen molar-refractivity contribution in [1.82, 2.24) is 0 Å². The maximum absolute atomic E-state index is 14.0. The van der Waals surface area contributed by atoms with Crippen molar-refractivity contribution in [3.8, 4) is 0 Å². The van der Waals surface area contributed by atoms with E-state index in [9.17, 15) is 28.5 Å². The van der Waals surface area contributed by atoms with E-state index in [4.69, 9.17) is 11.6 Å². The first-order valence-corrected chi connectivity index (χ1v) is 9.41. The average molecular weight is 458 g/mol. The number of nitro benzene ring substituents is 1. The zero-order chi connectivity index (χ0) is 23.3. The van der Waals surface area contributed by atoms with Crippen LogP contribution in [-0.2, 0) is 9.59 Å². The number of benzene rings is 3. The number of amides is 2. The van der Waals surface area contributed by atoms with Crippen LogP contribution in [0.25, 0.3) is 6.08 Å². The van der Waals surface area contributed by atoms with E-state index in [2.05, 4.69) is 10.6 Å². The molecule has 3 rings (SSSR count). The van der Waals surface area contributed by atoms with E-state index >= 15 is 0 Å². The fourth-order valence-corrected chi connectivity index (χ4v) is 2.85. The van der Waals surface area contributed by atoms with Crippen LogP contribution in [0, 0.1) is 21.7 Å². The maximum atomic E-state index is 14.0. The minimum Gasteiger partial charge on any atom is -0.319 e. The van der Waals surface area contributed by atoms with Crippen LogP contribution in [0.5, 0.6) is 0 Å². The second-order valence-electron chi connectivity index (χ2n) is 6.39. The molecule has 0 aromatic heterocycles. The lowest BCUT2D eigenvalue weighted by atomic mass is 10.1. The molecule has 0 fully saturated rings. The van der Waals surface area contributed by atoms with E-state index in [1.54, 1.807) is 0 Å². The molecule has 0 spiro atoms. The summed E-state index contributed by atoms with van der Waals surface area (Å²) < 4.78 is 27.9. The average Bonchev–Trinajstić information content (AvgIpc) is 2.76. The molecule has 2 N–H and O–H groups in total. The summed E-state index contributed by atoms with van der Waals surface area (Å²) in [5.74, 6) is -3.50. The first kappa shape index (κ1) is 22.6. The van der Waals surface area contributed by atoms with Gasteiger partial charge < -0.3 is 10.6 Å². The quantitative estimate of drug-likeness (QED) is 0.175. The molecule has 0 aliphatic carbocycles. The minimum atomic E-state index is -1.01. The van der Waals surface area contributed by atoms with Gasteiger partial charge in [-0.1, -0.05) is 41.9 Å². The smallest absolute Gasteiger partial charge is 0.288 e. The molecule has 0 radical (unpaired) electrons. The van der Waals surface area contributed by atoms with Crippen molar-refractivity contribution >= 4 is 46.6 Å². The number of anilines is 2. The Balaban J connectivity index is 2.01. The van der Waals surface area contributed by atoms with Gasteiger partial charge in [0, 0.05) is 6.07 Å². The van der Waals surface area contributed by atoms with Crippen LogP contribution in [0.15, 0.2) is 72.3 Å². The molecule has 0 saturated carbocycles. The second kappa shape index (κ2) is 9.80. The molecule has 3 aromatic rings.